The Morgan fingerprint density at radius 1 is 1.75 bits per heavy atom. The van der Waals surface area contributed by atoms with Crippen LogP contribution in [-0.2, 0) is 0 Å². The largest absolute Gasteiger partial charge is 0.244 e. The second-order valence-electron chi connectivity index (χ2n) is 2.84. The van der Waals surface area contributed by atoms with E-state index in [0.29, 0.717) is 5.92 Å². The van der Waals surface area contributed by atoms with Gasteiger partial charge in [0.25, 0.3) is 0 Å². The SMILES string of the molecule is CC1(F)CC(CBr)C1. The van der Waals surface area contributed by atoms with Crippen LogP contribution in [0.15, 0.2) is 0 Å². The van der Waals surface area contributed by atoms with Crippen LogP contribution in [-0.4, -0.2) is 11.0 Å². The van der Waals surface area contributed by atoms with Gasteiger partial charge in [0.15, 0.2) is 0 Å². The molecule has 0 aliphatic heterocycles. The van der Waals surface area contributed by atoms with Gasteiger partial charge in [0, 0.05) is 5.33 Å². The lowest BCUT2D eigenvalue weighted by Gasteiger charge is -2.37. The fourth-order valence-electron chi connectivity index (χ4n) is 1.25. The minimum Gasteiger partial charge on any atom is -0.244 e. The normalized spacial score (nSPS) is 46.1. The van der Waals surface area contributed by atoms with Crippen molar-refractivity contribution in [2.24, 2.45) is 5.92 Å². The lowest BCUT2D eigenvalue weighted by molar-refractivity contribution is 0.0375. The number of hydrogen-bond donors (Lipinski definition) is 0. The monoisotopic (exact) mass is 180 g/mol. The molecule has 0 aromatic heterocycles. The van der Waals surface area contributed by atoms with Crippen LogP contribution in [0.2, 0.25) is 0 Å². The summed E-state index contributed by atoms with van der Waals surface area (Å²) in [5, 5.41) is 0.965. The molecule has 0 aromatic carbocycles. The van der Waals surface area contributed by atoms with E-state index in [1.807, 2.05) is 0 Å². The first kappa shape index (κ1) is 6.53. The molecule has 0 N–H and O–H groups in total. The smallest absolute Gasteiger partial charge is 0.108 e. The molecule has 2 heteroatoms. The number of alkyl halides is 2. The van der Waals surface area contributed by atoms with Crippen LogP contribution in [0.4, 0.5) is 4.39 Å². The maximum Gasteiger partial charge on any atom is 0.108 e. The summed E-state index contributed by atoms with van der Waals surface area (Å²) in [6.07, 6.45) is 1.50. The van der Waals surface area contributed by atoms with Gasteiger partial charge >= 0.3 is 0 Å². The molecular formula is C6H10BrF. The van der Waals surface area contributed by atoms with Crippen molar-refractivity contribution in [1.82, 2.24) is 0 Å². The fraction of sp³-hybridized carbons (Fsp3) is 1.00. The Kier molecular flexibility index (Phi) is 1.61. The molecule has 8 heavy (non-hydrogen) atoms. The van der Waals surface area contributed by atoms with Gasteiger partial charge in [-0.05, 0) is 25.7 Å². The highest BCUT2D eigenvalue weighted by molar-refractivity contribution is 9.09. The molecule has 1 aliphatic rings. The lowest BCUT2D eigenvalue weighted by atomic mass is 9.75. The molecule has 0 saturated heterocycles. The first-order valence-corrected chi connectivity index (χ1v) is 4.01. The van der Waals surface area contributed by atoms with Gasteiger partial charge in [-0.1, -0.05) is 15.9 Å². The van der Waals surface area contributed by atoms with E-state index < -0.39 is 5.67 Å². The molecule has 48 valence electrons. The fourth-order valence-corrected chi connectivity index (χ4v) is 1.71. The van der Waals surface area contributed by atoms with Crippen LogP contribution in [0.1, 0.15) is 19.8 Å². The third kappa shape index (κ3) is 1.22. The van der Waals surface area contributed by atoms with Crippen LogP contribution >= 0.6 is 15.9 Å². The molecule has 0 unspecified atom stereocenters. The number of halogens is 2. The second-order valence-corrected chi connectivity index (χ2v) is 3.49. The lowest BCUT2D eigenvalue weighted by Crippen LogP contribution is -2.37. The quantitative estimate of drug-likeness (QED) is 0.545. The summed E-state index contributed by atoms with van der Waals surface area (Å²) in [6.45, 7) is 1.67. The minimum absolute atomic E-state index is 0.602. The highest BCUT2D eigenvalue weighted by atomic mass is 79.9. The summed E-state index contributed by atoms with van der Waals surface area (Å²) in [5.41, 5.74) is -0.835. The zero-order valence-corrected chi connectivity index (χ0v) is 6.54. The van der Waals surface area contributed by atoms with E-state index in [-0.39, 0.29) is 0 Å². The standard InChI is InChI=1S/C6H10BrF/c1-6(8)2-5(3-6)4-7/h5H,2-4H2,1H3. The minimum atomic E-state index is -0.835. The van der Waals surface area contributed by atoms with Crippen molar-refractivity contribution in [3.05, 3.63) is 0 Å². The van der Waals surface area contributed by atoms with Gasteiger partial charge in [-0.2, -0.15) is 0 Å². The Morgan fingerprint density at radius 2 is 2.25 bits per heavy atom. The molecule has 1 aliphatic carbocycles. The molecule has 1 rings (SSSR count). The number of rotatable bonds is 1. The molecule has 0 nitrogen and oxygen atoms in total. The van der Waals surface area contributed by atoms with E-state index in [1.54, 1.807) is 6.92 Å². The van der Waals surface area contributed by atoms with Gasteiger partial charge in [-0.25, -0.2) is 4.39 Å². The summed E-state index contributed by atoms with van der Waals surface area (Å²) in [5.74, 6) is 0.602. The van der Waals surface area contributed by atoms with Crippen molar-refractivity contribution in [3.8, 4) is 0 Å². The van der Waals surface area contributed by atoms with Gasteiger partial charge in [-0.3, -0.25) is 0 Å². The van der Waals surface area contributed by atoms with E-state index in [1.165, 1.54) is 0 Å². The predicted molar refractivity (Wildman–Crippen MR) is 36.0 cm³/mol. The molecule has 0 radical (unpaired) electrons. The van der Waals surface area contributed by atoms with Gasteiger partial charge in [0.1, 0.15) is 5.67 Å². The molecule has 1 saturated carbocycles. The highest BCUT2D eigenvalue weighted by Crippen LogP contribution is 2.41. The summed E-state index contributed by atoms with van der Waals surface area (Å²) in [7, 11) is 0. The summed E-state index contributed by atoms with van der Waals surface area (Å²) in [6, 6.07) is 0. The van der Waals surface area contributed by atoms with E-state index in [4.69, 9.17) is 0 Å². The van der Waals surface area contributed by atoms with Gasteiger partial charge in [0.05, 0.1) is 0 Å². The Morgan fingerprint density at radius 3 is 2.38 bits per heavy atom. The first-order valence-electron chi connectivity index (χ1n) is 2.89. The molecular weight excluding hydrogens is 171 g/mol. The van der Waals surface area contributed by atoms with E-state index >= 15 is 0 Å². The summed E-state index contributed by atoms with van der Waals surface area (Å²) >= 11 is 3.31. The topological polar surface area (TPSA) is 0 Å². The first-order chi connectivity index (χ1) is 3.64. The maximum atomic E-state index is 12.6. The van der Waals surface area contributed by atoms with Crippen molar-refractivity contribution in [2.45, 2.75) is 25.4 Å². The van der Waals surface area contributed by atoms with Gasteiger partial charge in [-0.15, -0.1) is 0 Å². The van der Waals surface area contributed by atoms with Crippen LogP contribution in [0.25, 0.3) is 0 Å². The van der Waals surface area contributed by atoms with Crippen molar-refractivity contribution < 1.29 is 4.39 Å². The zero-order chi connectivity index (χ0) is 6.20. The average Bonchev–Trinajstić information content (AvgIpc) is 1.60. The molecule has 0 atom stereocenters. The maximum absolute atomic E-state index is 12.6. The number of hydrogen-bond acceptors (Lipinski definition) is 0. The van der Waals surface area contributed by atoms with E-state index in [2.05, 4.69) is 15.9 Å². The van der Waals surface area contributed by atoms with Gasteiger partial charge < -0.3 is 0 Å². The third-order valence-electron chi connectivity index (χ3n) is 1.65. The highest BCUT2D eigenvalue weighted by Gasteiger charge is 2.39. The Labute approximate surface area is 57.6 Å². The van der Waals surface area contributed by atoms with Crippen LogP contribution in [0.5, 0.6) is 0 Å². The van der Waals surface area contributed by atoms with E-state index in [9.17, 15) is 4.39 Å². The van der Waals surface area contributed by atoms with Crippen LogP contribution in [0, 0.1) is 5.92 Å². The Hall–Kier alpha value is 0.410. The van der Waals surface area contributed by atoms with Crippen molar-refractivity contribution >= 4 is 15.9 Å². The molecule has 0 heterocycles. The molecule has 0 spiro atoms. The molecule has 0 bridgehead atoms. The summed E-state index contributed by atoms with van der Waals surface area (Å²) < 4.78 is 12.6. The third-order valence-corrected chi connectivity index (χ3v) is 2.56. The van der Waals surface area contributed by atoms with Crippen LogP contribution in [0.3, 0.4) is 0 Å². The van der Waals surface area contributed by atoms with Crippen molar-refractivity contribution in [1.29, 1.82) is 0 Å². The van der Waals surface area contributed by atoms with Gasteiger partial charge in [0.2, 0.25) is 0 Å². The zero-order valence-electron chi connectivity index (χ0n) is 4.95. The molecule has 0 aromatic rings. The van der Waals surface area contributed by atoms with Crippen molar-refractivity contribution in [2.75, 3.05) is 5.33 Å². The van der Waals surface area contributed by atoms with Crippen molar-refractivity contribution in [3.63, 3.8) is 0 Å². The Bertz CT molecular complexity index is 82.5. The van der Waals surface area contributed by atoms with E-state index in [0.717, 1.165) is 18.2 Å². The average molecular weight is 181 g/mol. The van der Waals surface area contributed by atoms with Crippen LogP contribution < -0.4 is 0 Å². The Balaban J connectivity index is 2.21. The molecule has 0 amide bonds. The summed E-state index contributed by atoms with van der Waals surface area (Å²) in [4.78, 5) is 0. The molecule has 1 fully saturated rings. The predicted octanol–water partition coefficient (Wildman–Crippen LogP) is 2.52. The second kappa shape index (κ2) is 1.98.